The molecule has 4 rings (SSSR count). The summed E-state index contributed by atoms with van der Waals surface area (Å²) in [5.41, 5.74) is 1.62. The second-order valence-electron chi connectivity index (χ2n) is 7.52. The van der Waals surface area contributed by atoms with Gasteiger partial charge in [0.2, 0.25) is 5.91 Å². The van der Waals surface area contributed by atoms with Crippen LogP contribution in [0.4, 0.5) is 14.9 Å². The molecule has 0 aliphatic carbocycles. The number of anilines is 1. The van der Waals surface area contributed by atoms with Gasteiger partial charge in [0.1, 0.15) is 24.7 Å². The largest absolute Gasteiger partial charge is 0.486 e. The van der Waals surface area contributed by atoms with Gasteiger partial charge in [0, 0.05) is 14.8 Å². The minimum Gasteiger partial charge on any atom is -0.486 e. The molecule has 1 N–H and O–H groups in total. The second kappa shape index (κ2) is 11.9. The lowest BCUT2D eigenvalue weighted by Crippen LogP contribution is -2.36. The van der Waals surface area contributed by atoms with E-state index in [-0.39, 0.29) is 23.9 Å². The van der Waals surface area contributed by atoms with Crippen molar-refractivity contribution in [1.82, 2.24) is 4.90 Å². The summed E-state index contributed by atoms with van der Waals surface area (Å²) < 4.78 is 21.8. The van der Waals surface area contributed by atoms with Crippen LogP contribution >= 0.6 is 66.2 Å². The van der Waals surface area contributed by atoms with Crippen molar-refractivity contribution in [1.29, 1.82) is 0 Å². The average molecular weight is 746 g/mol. The second-order valence-corrected chi connectivity index (χ2v) is 11.5. The number of thioether (sulfide) groups is 1. The van der Waals surface area contributed by atoms with Crippen LogP contribution in [0.1, 0.15) is 11.1 Å². The Morgan fingerprint density at radius 1 is 1.08 bits per heavy atom. The highest BCUT2D eigenvalue weighted by atomic mass is 127. The number of benzene rings is 3. The highest BCUT2D eigenvalue weighted by Gasteiger charge is 2.36. The van der Waals surface area contributed by atoms with Crippen LogP contribution in [0.5, 0.6) is 5.75 Å². The summed E-state index contributed by atoms with van der Waals surface area (Å²) in [5.74, 6) is -0.906. The number of imide groups is 1. The molecule has 3 aromatic carbocycles. The Morgan fingerprint density at radius 2 is 1.75 bits per heavy atom. The first-order chi connectivity index (χ1) is 17.2. The molecule has 11 heteroatoms. The van der Waals surface area contributed by atoms with Crippen molar-refractivity contribution in [2.45, 2.75) is 6.61 Å². The standard InChI is InChI=1S/C25H16Br2FIN2O4S/c26-18-9-14(10-19(27)23(18)35-13-15-3-1-2-4-20(15)28)11-21-24(33)31(25(34)36-21)12-22(32)30-17-7-5-16(29)6-8-17/h1-11H,12-13H2,(H,30,32)/b21-11-. The topological polar surface area (TPSA) is 75.7 Å². The van der Waals surface area contributed by atoms with E-state index in [1.807, 2.05) is 12.1 Å². The predicted molar refractivity (Wildman–Crippen MR) is 153 cm³/mol. The fourth-order valence-electron chi connectivity index (χ4n) is 3.23. The average Bonchev–Trinajstić information content (AvgIpc) is 3.08. The summed E-state index contributed by atoms with van der Waals surface area (Å²) in [6, 6.07) is 17.0. The van der Waals surface area contributed by atoms with Gasteiger partial charge < -0.3 is 10.1 Å². The Hall–Kier alpha value is -2.22. The maximum absolute atomic E-state index is 13.9. The molecule has 3 amide bonds. The molecule has 0 radical (unpaired) electrons. The van der Waals surface area contributed by atoms with Crippen LogP contribution in [-0.4, -0.2) is 28.5 Å². The first kappa shape index (κ1) is 26.8. The molecule has 0 aromatic heterocycles. The van der Waals surface area contributed by atoms with Gasteiger partial charge in [0.15, 0.2) is 0 Å². The zero-order chi connectivity index (χ0) is 25.8. The smallest absolute Gasteiger partial charge is 0.294 e. The van der Waals surface area contributed by atoms with Gasteiger partial charge in [-0.15, -0.1) is 0 Å². The van der Waals surface area contributed by atoms with Gasteiger partial charge in [-0.1, -0.05) is 18.2 Å². The van der Waals surface area contributed by atoms with Gasteiger partial charge in [-0.25, -0.2) is 4.39 Å². The minimum atomic E-state index is -0.546. The highest BCUT2D eigenvalue weighted by molar-refractivity contribution is 14.1. The van der Waals surface area contributed by atoms with E-state index < -0.39 is 17.1 Å². The Balaban J connectivity index is 1.44. The van der Waals surface area contributed by atoms with Crippen LogP contribution in [0.2, 0.25) is 0 Å². The van der Waals surface area contributed by atoms with Gasteiger partial charge in [-0.05, 0) is 120 Å². The van der Waals surface area contributed by atoms with Gasteiger partial charge in [0.05, 0.1) is 13.9 Å². The first-order valence-electron chi connectivity index (χ1n) is 10.4. The quantitative estimate of drug-likeness (QED) is 0.205. The summed E-state index contributed by atoms with van der Waals surface area (Å²) in [7, 11) is 0. The van der Waals surface area contributed by atoms with Crippen molar-refractivity contribution in [3.63, 3.8) is 0 Å². The summed E-state index contributed by atoms with van der Waals surface area (Å²) in [5, 5.41) is 2.16. The van der Waals surface area contributed by atoms with E-state index in [4.69, 9.17) is 4.74 Å². The fourth-order valence-corrected chi connectivity index (χ4v) is 5.88. The van der Waals surface area contributed by atoms with E-state index in [9.17, 15) is 18.8 Å². The van der Waals surface area contributed by atoms with Crippen LogP contribution in [0, 0.1) is 9.39 Å². The fraction of sp³-hybridized carbons (Fsp3) is 0.0800. The lowest BCUT2D eigenvalue weighted by molar-refractivity contribution is -0.127. The van der Waals surface area contributed by atoms with Crippen molar-refractivity contribution in [2.75, 3.05) is 11.9 Å². The molecule has 1 aliphatic rings. The summed E-state index contributed by atoms with van der Waals surface area (Å²) in [6.07, 6.45) is 1.57. The van der Waals surface area contributed by atoms with E-state index in [0.717, 1.165) is 20.2 Å². The molecule has 0 atom stereocenters. The Kier molecular flexibility index (Phi) is 8.86. The minimum absolute atomic E-state index is 0.0341. The zero-order valence-electron chi connectivity index (χ0n) is 18.3. The molecule has 1 heterocycles. The number of carbonyl (C=O) groups excluding carboxylic acids is 3. The molecule has 0 saturated carbocycles. The zero-order valence-corrected chi connectivity index (χ0v) is 24.4. The number of hydrogen-bond acceptors (Lipinski definition) is 5. The number of halogens is 4. The van der Waals surface area contributed by atoms with E-state index in [0.29, 0.717) is 31.5 Å². The highest BCUT2D eigenvalue weighted by Crippen LogP contribution is 2.38. The van der Waals surface area contributed by atoms with E-state index >= 15 is 0 Å². The van der Waals surface area contributed by atoms with Gasteiger partial charge in [-0.2, -0.15) is 0 Å². The maximum atomic E-state index is 13.9. The van der Waals surface area contributed by atoms with Crippen LogP contribution in [-0.2, 0) is 16.2 Å². The number of ether oxygens (including phenoxy) is 1. The molecule has 184 valence electrons. The lowest BCUT2D eigenvalue weighted by atomic mass is 10.2. The van der Waals surface area contributed by atoms with Crippen LogP contribution in [0.3, 0.4) is 0 Å². The van der Waals surface area contributed by atoms with Crippen molar-refractivity contribution in [3.05, 3.63) is 95.0 Å². The lowest BCUT2D eigenvalue weighted by Gasteiger charge is -2.13. The number of carbonyl (C=O) groups is 3. The molecule has 0 bridgehead atoms. The predicted octanol–water partition coefficient (Wildman–Crippen LogP) is 7.21. The van der Waals surface area contributed by atoms with Gasteiger partial charge >= 0.3 is 0 Å². The van der Waals surface area contributed by atoms with Crippen molar-refractivity contribution < 1.29 is 23.5 Å². The van der Waals surface area contributed by atoms with E-state index in [1.165, 1.54) is 6.07 Å². The van der Waals surface area contributed by atoms with Crippen LogP contribution in [0.25, 0.3) is 6.08 Å². The number of hydrogen-bond donors (Lipinski definition) is 1. The third kappa shape index (κ3) is 6.55. The number of nitrogens with zero attached hydrogens (tertiary/aromatic N) is 1. The summed E-state index contributed by atoms with van der Waals surface area (Å²) in [6.45, 7) is -0.351. The summed E-state index contributed by atoms with van der Waals surface area (Å²) >= 11 is 9.81. The van der Waals surface area contributed by atoms with Crippen LogP contribution in [0.15, 0.2) is 74.5 Å². The van der Waals surface area contributed by atoms with Gasteiger partial charge in [0.25, 0.3) is 11.1 Å². The number of nitrogens with one attached hydrogen (secondary N) is 1. The Labute approximate surface area is 241 Å². The Morgan fingerprint density at radius 3 is 2.42 bits per heavy atom. The molecule has 36 heavy (non-hydrogen) atoms. The Bertz CT molecular complexity index is 1360. The van der Waals surface area contributed by atoms with E-state index in [2.05, 4.69) is 59.8 Å². The molecule has 1 aliphatic heterocycles. The molecular weight excluding hydrogens is 730 g/mol. The monoisotopic (exact) mass is 744 g/mol. The van der Waals surface area contributed by atoms with Gasteiger partial charge in [-0.3, -0.25) is 19.3 Å². The van der Waals surface area contributed by atoms with Crippen molar-refractivity contribution in [3.8, 4) is 5.75 Å². The number of rotatable bonds is 7. The first-order valence-corrected chi connectivity index (χ1v) is 13.9. The number of amides is 3. The molecule has 0 spiro atoms. The molecule has 6 nitrogen and oxygen atoms in total. The summed E-state index contributed by atoms with van der Waals surface area (Å²) in [4.78, 5) is 38.8. The normalized spacial score (nSPS) is 14.4. The molecule has 0 unspecified atom stereocenters. The maximum Gasteiger partial charge on any atom is 0.294 e. The third-order valence-corrected chi connectivity index (χ3v) is 7.76. The van der Waals surface area contributed by atoms with E-state index in [1.54, 1.807) is 48.5 Å². The molecule has 1 fully saturated rings. The molecule has 1 saturated heterocycles. The SMILES string of the molecule is O=C(CN1C(=O)S/C(=C\c2cc(Br)c(OCc3ccccc3F)c(Br)c2)C1=O)Nc1ccc(I)cc1. The van der Waals surface area contributed by atoms with Crippen molar-refractivity contribution in [2.24, 2.45) is 0 Å². The molecular formula is C25H16Br2FIN2O4S. The third-order valence-electron chi connectivity index (χ3n) is 4.95. The van der Waals surface area contributed by atoms with Crippen molar-refractivity contribution >= 4 is 95.0 Å². The van der Waals surface area contributed by atoms with Crippen LogP contribution < -0.4 is 10.1 Å². The molecule has 3 aromatic rings.